The van der Waals surface area contributed by atoms with Gasteiger partial charge in [0, 0.05) is 18.2 Å². The van der Waals surface area contributed by atoms with E-state index in [2.05, 4.69) is 32.1 Å². The van der Waals surface area contributed by atoms with Crippen LogP contribution in [0.2, 0.25) is 0 Å². The molecule has 1 aliphatic heterocycles. The number of hydrogen-bond acceptors (Lipinski definition) is 11. The van der Waals surface area contributed by atoms with Gasteiger partial charge < -0.3 is 29.4 Å². The predicted molar refractivity (Wildman–Crippen MR) is 236 cm³/mol. The largest absolute Gasteiger partial charge is 0.497 e. The minimum Gasteiger partial charge on any atom is -0.497 e. The number of imidazole rings is 1. The van der Waals surface area contributed by atoms with Crippen molar-refractivity contribution < 1.29 is 28.8 Å². The van der Waals surface area contributed by atoms with Gasteiger partial charge in [-0.3, -0.25) is 14.3 Å². The number of nitrogens with one attached hydrogen (secondary N) is 1. The van der Waals surface area contributed by atoms with Gasteiger partial charge in [-0.2, -0.15) is 0 Å². The van der Waals surface area contributed by atoms with Gasteiger partial charge in [0.05, 0.1) is 38.3 Å². The van der Waals surface area contributed by atoms with Crippen LogP contribution in [0.15, 0.2) is 158 Å². The van der Waals surface area contributed by atoms with Crippen molar-refractivity contribution >= 4 is 22.9 Å². The Kier molecular flexibility index (Phi) is 11.7. The number of carbonyl (C=O) groups is 1. The van der Waals surface area contributed by atoms with Crippen LogP contribution >= 0.6 is 0 Å². The molecule has 13 heteroatoms. The summed E-state index contributed by atoms with van der Waals surface area (Å²) in [4.78, 5) is 36.4. The lowest BCUT2D eigenvalue weighted by Crippen LogP contribution is -2.38. The summed E-state index contributed by atoms with van der Waals surface area (Å²) < 4.78 is 26.6. The van der Waals surface area contributed by atoms with Crippen molar-refractivity contribution in [3.63, 3.8) is 0 Å². The molecular formula is C50H41N7O6. The van der Waals surface area contributed by atoms with Gasteiger partial charge in [0.15, 0.2) is 22.8 Å². The number of fused-ring (bicyclic) bond motifs is 1. The molecular weight excluding hydrogens is 795 g/mol. The standard InChI is InChI=1S/C50H41N7O6/c1-60-38-24-19-35(20-25-38)50(34-14-7-4-8-15-34,36-21-26-39(61-2)27-22-36)62-31-43-42(58)30-45(63-43)57-44(28-23-37-16-11-18-41(54-37)40-17-9-10-29-51-40)55-46-47(52-32-53-48(46)57)56-49(59)33-12-5-3-6-13-33/h3-22,24-27,29,32,42-43,45,58H,30-31H2,1-2H3,(H,52,53,56,59)/t42-,43+,45+/m0/s1. The quantitative estimate of drug-likeness (QED) is 0.0923. The molecule has 9 rings (SSSR count). The zero-order chi connectivity index (χ0) is 43.2. The van der Waals surface area contributed by atoms with Crippen LogP contribution in [-0.2, 0) is 15.1 Å². The highest BCUT2D eigenvalue weighted by Gasteiger charge is 2.43. The third-order valence-electron chi connectivity index (χ3n) is 10.9. The molecule has 0 aliphatic carbocycles. The molecule has 5 heterocycles. The molecule has 63 heavy (non-hydrogen) atoms. The minimum absolute atomic E-state index is 0.0180. The van der Waals surface area contributed by atoms with E-state index in [9.17, 15) is 9.90 Å². The van der Waals surface area contributed by atoms with Gasteiger partial charge in [0.2, 0.25) is 0 Å². The summed E-state index contributed by atoms with van der Waals surface area (Å²) >= 11 is 0. The second-order valence-corrected chi connectivity index (χ2v) is 14.6. The molecule has 4 aromatic heterocycles. The molecule has 13 nitrogen and oxygen atoms in total. The number of hydrogen-bond donors (Lipinski definition) is 2. The van der Waals surface area contributed by atoms with Crippen LogP contribution in [0.1, 0.15) is 51.2 Å². The first-order valence-corrected chi connectivity index (χ1v) is 20.3. The third-order valence-corrected chi connectivity index (χ3v) is 10.9. The number of rotatable bonds is 12. The average Bonchev–Trinajstić information content (AvgIpc) is 3.92. The highest BCUT2D eigenvalue weighted by molar-refractivity contribution is 6.06. The van der Waals surface area contributed by atoms with E-state index < -0.39 is 24.0 Å². The molecule has 0 saturated carbocycles. The lowest BCUT2D eigenvalue weighted by atomic mass is 9.80. The summed E-state index contributed by atoms with van der Waals surface area (Å²) in [6.07, 6.45) is 0.645. The maximum Gasteiger partial charge on any atom is 0.256 e. The van der Waals surface area contributed by atoms with Gasteiger partial charge in [-0.15, -0.1) is 0 Å². The number of ether oxygens (including phenoxy) is 4. The van der Waals surface area contributed by atoms with Gasteiger partial charge in [0.25, 0.3) is 5.91 Å². The lowest BCUT2D eigenvalue weighted by molar-refractivity contribution is -0.0932. The topological polar surface area (TPSA) is 156 Å². The SMILES string of the molecule is COc1ccc(C(OC[C@H]2O[C@@H](n3c(C#Cc4cccc(-c5ccccn5)n4)nc4c(NC(=O)c5ccccc5)ncnc43)C[C@@H]2O)(c2ccccc2)c2ccc(OC)cc2)cc1. The Morgan fingerprint density at radius 1 is 0.746 bits per heavy atom. The maximum atomic E-state index is 13.3. The minimum atomic E-state index is -1.14. The highest BCUT2D eigenvalue weighted by atomic mass is 16.6. The van der Waals surface area contributed by atoms with E-state index in [1.807, 2.05) is 115 Å². The van der Waals surface area contributed by atoms with Crippen molar-refractivity contribution in [2.45, 2.75) is 30.5 Å². The Morgan fingerprint density at radius 2 is 1.40 bits per heavy atom. The number of methoxy groups -OCH3 is 2. The first kappa shape index (κ1) is 40.6. The molecule has 1 aliphatic rings. The fourth-order valence-electron chi connectivity index (χ4n) is 7.72. The summed E-state index contributed by atoms with van der Waals surface area (Å²) in [7, 11) is 3.25. The number of anilines is 1. The molecule has 2 N–H and O–H groups in total. The summed E-state index contributed by atoms with van der Waals surface area (Å²) in [5.74, 6) is 7.81. The number of amides is 1. The van der Waals surface area contributed by atoms with Crippen molar-refractivity contribution in [1.29, 1.82) is 0 Å². The van der Waals surface area contributed by atoms with Crippen LogP contribution in [0.25, 0.3) is 22.6 Å². The molecule has 0 unspecified atom stereocenters. The Balaban J connectivity index is 1.09. The van der Waals surface area contributed by atoms with Crippen molar-refractivity contribution in [3.8, 4) is 34.7 Å². The summed E-state index contributed by atoms with van der Waals surface area (Å²) in [6, 6.07) is 45.4. The van der Waals surface area contributed by atoms with Crippen LogP contribution in [0.3, 0.4) is 0 Å². The number of benzene rings is 4. The van der Waals surface area contributed by atoms with Crippen LogP contribution in [-0.4, -0.2) is 73.5 Å². The van der Waals surface area contributed by atoms with E-state index >= 15 is 0 Å². The van der Waals surface area contributed by atoms with E-state index in [0.717, 1.165) is 16.7 Å². The molecule has 1 saturated heterocycles. The average molecular weight is 836 g/mol. The second kappa shape index (κ2) is 18.1. The van der Waals surface area contributed by atoms with Crippen molar-refractivity contribution in [2.24, 2.45) is 0 Å². The van der Waals surface area contributed by atoms with E-state index in [1.165, 1.54) is 6.33 Å². The zero-order valence-corrected chi connectivity index (χ0v) is 34.3. The van der Waals surface area contributed by atoms with Gasteiger partial charge in [0.1, 0.15) is 41.5 Å². The number of aromatic nitrogens is 6. The van der Waals surface area contributed by atoms with Gasteiger partial charge in [-0.1, -0.05) is 84.9 Å². The zero-order valence-electron chi connectivity index (χ0n) is 34.3. The van der Waals surface area contributed by atoms with Gasteiger partial charge in [-0.25, -0.2) is 19.9 Å². The third kappa shape index (κ3) is 8.34. The van der Waals surface area contributed by atoms with E-state index in [0.29, 0.717) is 45.3 Å². The number of pyridine rings is 2. The van der Waals surface area contributed by atoms with Gasteiger partial charge in [-0.05, 0) is 89.2 Å². The number of aliphatic hydroxyl groups excluding tert-OH is 1. The second-order valence-electron chi connectivity index (χ2n) is 14.6. The predicted octanol–water partition coefficient (Wildman–Crippen LogP) is 7.61. The fraction of sp³-hybridized carbons (Fsp3) is 0.160. The summed E-state index contributed by atoms with van der Waals surface area (Å²) in [5, 5.41) is 14.7. The lowest BCUT2D eigenvalue weighted by Gasteiger charge is -2.37. The maximum absolute atomic E-state index is 13.3. The molecule has 0 spiro atoms. The van der Waals surface area contributed by atoms with Crippen LogP contribution in [0, 0.1) is 11.8 Å². The first-order chi connectivity index (χ1) is 30.9. The molecule has 8 aromatic rings. The van der Waals surface area contributed by atoms with E-state index in [1.54, 1.807) is 55.3 Å². The van der Waals surface area contributed by atoms with Crippen molar-refractivity contribution in [1.82, 2.24) is 29.5 Å². The Bertz CT molecular complexity index is 2860. The van der Waals surface area contributed by atoms with E-state index in [4.69, 9.17) is 28.9 Å². The fourth-order valence-corrected chi connectivity index (χ4v) is 7.72. The highest BCUT2D eigenvalue weighted by Crippen LogP contribution is 2.43. The van der Waals surface area contributed by atoms with E-state index in [-0.39, 0.29) is 30.6 Å². The normalized spacial score (nSPS) is 16.0. The first-order valence-electron chi connectivity index (χ1n) is 20.3. The molecule has 4 aromatic carbocycles. The van der Waals surface area contributed by atoms with Gasteiger partial charge >= 0.3 is 0 Å². The van der Waals surface area contributed by atoms with Crippen LogP contribution in [0.5, 0.6) is 11.5 Å². The Hall–Kier alpha value is -7.76. The Labute approximate surface area is 363 Å². The van der Waals surface area contributed by atoms with Crippen molar-refractivity contribution in [2.75, 3.05) is 26.1 Å². The number of aliphatic hydroxyl groups is 1. The van der Waals surface area contributed by atoms with Crippen LogP contribution in [0.4, 0.5) is 5.82 Å². The van der Waals surface area contributed by atoms with Crippen LogP contribution < -0.4 is 14.8 Å². The molecule has 3 atom stereocenters. The summed E-state index contributed by atoms with van der Waals surface area (Å²) in [5.41, 5.74) is 4.33. The molecule has 0 bridgehead atoms. The van der Waals surface area contributed by atoms with Crippen molar-refractivity contribution in [3.05, 3.63) is 192 Å². The molecule has 1 amide bonds. The monoisotopic (exact) mass is 835 g/mol. The molecule has 1 fully saturated rings. The number of carbonyl (C=O) groups excluding carboxylic acids is 1. The summed E-state index contributed by atoms with van der Waals surface area (Å²) in [6.45, 7) is -0.0180. The molecule has 312 valence electrons. The smallest absolute Gasteiger partial charge is 0.256 e. The Morgan fingerprint density at radius 3 is 2.06 bits per heavy atom. The number of nitrogens with zero attached hydrogens (tertiary/aromatic N) is 6. The molecule has 0 radical (unpaired) electrons.